The van der Waals surface area contributed by atoms with Gasteiger partial charge in [-0.25, -0.2) is 8.42 Å². The molecule has 5 nitrogen and oxygen atoms in total. The molecule has 1 saturated carbocycles. The van der Waals surface area contributed by atoms with Crippen LogP contribution < -0.4 is 10.6 Å². The first-order valence-corrected chi connectivity index (χ1v) is 12.8. The number of benzene rings is 1. The summed E-state index contributed by atoms with van der Waals surface area (Å²) in [6.07, 6.45) is 8.44. The van der Waals surface area contributed by atoms with Gasteiger partial charge in [-0.3, -0.25) is 4.79 Å². The standard InChI is InChI=1S/C23H36N2O3S/c1-17(2)29(27,28)16-20-9-7-18(8-10-20)5-6-19-11-13-21(14-12-19)25-15-3-4-22(25)23(24)26/h11-14,17-18,20,22H,3-10,15-16H2,1-2H3,(H2,24,26)/t18?,20?,22-/m0/s1. The summed E-state index contributed by atoms with van der Waals surface area (Å²) in [5, 5.41) is -0.262. The minimum absolute atomic E-state index is 0.171. The van der Waals surface area contributed by atoms with Gasteiger partial charge < -0.3 is 10.6 Å². The summed E-state index contributed by atoms with van der Waals surface area (Å²) in [6.45, 7) is 4.46. The Morgan fingerprint density at radius 3 is 2.28 bits per heavy atom. The maximum absolute atomic E-state index is 12.1. The van der Waals surface area contributed by atoms with Crippen LogP contribution in [-0.4, -0.2) is 37.9 Å². The van der Waals surface area contributed by atoms with Gasteiger partial charge in [0.1, 0.15) is 6.04 Å². The van der Waals surface area contributed by atoms with Crippen molar-refractivity contribution in [3.05, 3.63) is 29.8 Å². The second-order valence-corrected chi connectivity index (χ2v) is 11.8. The van der Waals surface area contributed by atoms with E-state index in [1.165, 1.54) is 5.56 Å². The van der Waals surface area contributed by atoms with E-state index in [1.807, 2.05) is 0 Å². The molecule has 1 aromatic rings. The highest BCUT2D eigenvalue weighted by Gasteiger charge is 2.29. The van der Waals surface area contributed by atoms with Crippen molar-refractivity contribution < 1.29 is 13.2 Å². The smallest absolute Gasteiger partial charge is 0.240 e. The average Bonchev–Trinajstić information content (AvgIpc) is 3.18. The normalized spacial score (nSPS) is 25.5. The average molecular weight is 421 g/mol. The minimum Gasteiger partial charge on any atom is -0.368 e. The Labute approximate surface area is 176 Å². The number of carbonyl (C=O) groups is 1. The number of primary amides is 1. The summed E-state index contributed by atoms with van der Waals surface area (Å²) in [7, 11) is -2.92. The third kappa shape index (κ3) is 5.74. The molecule has 2 fully saturated rings. The molecule has 1 aromatic carbocycles. The molecule has 162 valence electrons. The first kappa shape index (κ1) is 22.1. The van der Waals surface area contributed by atoms with Crippen molar-refractivity contribution in [2.45, 2.75) is 76.5 Å². The summed E-state index contributed by atoms with van der Waals surface area (Å²) in [4.78, 5) is 13.7. The Bertz CT molecular complexity index is 781. The highest BCUT2D eigenvalue weighted by Crippen LogP contribution is 2.33. The summed E-state index contributed by atoms with van der Waals surface area (Å²) in [6, 6.07) is 8.41. The number of amides is 1. The van der Waals surface area contributed by atoms with Gasteiger partial charge >= 0.3 is 0 Å². The van der Waals surface area contributed by atoms with Gasteiger partial charge in [0.25, 0.3) is 0 Å². The molecular formula is C23H36N2O3S. The number of nitrogens with two attached hydrogens (primary N) is 1. The summed E-state index contributed by atoms with van der Waals surface area (Å²) < 4.78 is 24.3. The zero-order valence-electron chi connectivity index (χ0n) is 17.8. The van der Waals surface area contributed by atoms with E-state index in [0.717, 1.165) is 63.6 Å². The fourth-order valence-corrected chi connectivity index (χ4v) is 6.18. The maximum Gasteiger partial charge on any atom is 0.240 e. The van der Waals surface area contributed by atoms with Crippen LogP contribution in [0.1, 0.15) is 64.4 Å². The fraction of sp³-hybridized carbons (Fsp3) is 0.696. The number of rotatable bonds is 8. The number of sulfone groups is 1. The third-order valence-corrected chi connectivity index (χ3v) is 9.22. The van der Waals surface area contributed by atoms with Crippen LogP contribution in [0.5, 0.6) is 0 Å². The topological polar surface area (TPSA) is 80.5 Å². The number of hydrogen-bond donors (Lipinski definition) is 1. The molecule has 1 aliphatic carbocycles. The van der Waals surface area contributed by atoms with Crippen LogP contribution in [0.15, 0.2) is 24.3 Å². The number of hydrogen-bond acceptors (Lipinski definition) is 4. The first-order chi connectivity index (χ1) is 13.8. The quantitative estimate of drug-likeness (QED) is 0.695. The molecule has 1 heterocycles. The molecule has 1 amide bonds. The Hall–Kier alpha value is -1.56. The molecule has 1 aliphatic heterocycles. The molecule has 0 aromatic heterocycles. The zero-order valence-corrected chi connectivity index (χ0v) is 18.7. The molecule has 29 heavy (non-hydrogen) atoms. The number of nitrogens with zero attached hydrogens (tertiary/aromatic N) is 1. The Morgan fingerprint density at radius 2 is 1.69 bits per heavy atom. The summed E-state index contributed by atoms with van der Waals surface area (Å²) >= 11 is 0. The van der Waals surface area contributed by atoms with Crippen molar-refractivity contribution in [1.29, 1.82) is 0 Å². The van der Waals surface area contributed by atoms with Crippen LogP contribution in [0.2, 0.25) is 0 Å². The Balaban J connectivity index is 1.45. The van der Waals surface area contributed by atoms with Crippen molar-refractivity contribution in [3.8, 4) is 0 Å². The molecule has 3 rings (SSSR count). The molecular weight excluding hydrogens is 384 g/mol. The Morgan fingerprint density at radius 1 is 1.07 bits per heavy atom. The minimum atomic E-state index is -2.92. The van der Waals surface area contributed by atoms with Crippen molar-refractivity contribution >= 4 is 21.4 Å². The van der Waals surface area contributed by atoms with E-state index in [2.05, 4.69) is 29.2 Å². The maximum atomic E-state index is 12.1. The molecule has 0 unspecified atom stereocenters. The highest BCUT2D eigenvalue weighted by molar-refractivity contribution is 7.91. The second kappa shape index (κ2) is 9.50. The van der Waals surface area contributed by atoms with E-state index in [4.69, 9.17) is 5.73 Å². The van der Waals surface area contributed by atoms with Gasteiger partial charge in [0.15, 0.2) is 9.84 Å². The largest absolute Gasteiger partial charge is 0.368 e. The monoisotopic (exact) mass is 420 g/mol. The van der Waals surface area contributed by atoms with Crippen LogP contribution in [0, 0.1) is 11.8 Å². The van der Waals surface area contributed by atoms with Crippen LogP contribution in [0.4, 0.5) is 5.69 Å². The van der Waals surface area contributed by atoms with Crippen molar-refractivity contribution in [3.63, 3.8) is 0 Å². The highest BCUT2D eigenvalue weighted by atomic mass is 32.2. The molecule has 0 radical (unpaired) electrons. The van der Waals surface area contributed by atoms with E-state index >= 15 is 0 Å². The molecule has 2 aliphatic rings. The van der Waals surface area contributed by atoms with Gasteiger partial charge in [-0.15, -0.1) is 0 Å². The first-order valence-electron chi connectivity index (χ1n) is 11.1. The molecule has 1 saturated heterocycles. The van der Waals surface area contributed by atoms with Gasteiger partial charge in [0.05, 0.1) is 11.0 Å². The number of carbonyl (C=O) groups excluding carboxylic acids is 1. The lowest BCUT2D eigenvalue weighted by atomic mass is 9.80. The summed E-state index contributed by atoms with van der Waals surface area (Å²) in [5.41, 5.74) is 7.94. The van der Waals surface area contributed by atoms with Gasteiger partial charge in [0.2, 0.25) is 5.91 Å². The Kier molecular flexibility index (Phi) is 7.25. The van der Waals surface area contributed by atoms with Crippen LogP contribution in [-0.2, 0) is 21.1 Å². The van der Waals surface area contributed by atoms with E-state index in [0.29, 0.717) is 17.6 Å². The van der Waals surface area contributed by atoms with E-state index in [-0.39, 0.29) is 17.2 Å². The van der Waals surface area contributed by atoms with Crippen molar-refractivity contribution in [2.75, 3.05) is 17.2 Å². The fourth-order valence-electron chi connectivity index (χ4n) is 4.80. The second-order valence-electron chi connectivity index (χ2n) is 9.22. The predicted octanol–water partition coefficient (Wildman–Crippen LogP) is 3.70. The summed E-state index contributed by atoms with van der Waals surface area (Å²) in [5.74, 6) is 1.17. The van der Waals surface area contributed by atoms with E-state index in [9.17, 15) is 13.2 Å². The van der Waals surface area contributed by atoms with Gasteiger partial charge in [0, 0.05) is 12.2 Å². The van der Waals surface area contributed by atoms with Gasteiger partial charge in [-0.2, -0.15) is 0 Å². The molecule has 1 atom stereocenters. The zero-order chi connectivity index (χ0) is 21.0. The van der Waals surface area contributed by atoms with Crippen LogP contribution in [0.3, 0.4) is 0 Å². The lowest BCUT2D eigenvalue weighted by Crippen LogP contribution is -2.40. The van der Waals surface area contributed by atoms with Gasteiger partial charge in [-0.05, 0) is 81.9 Å². The van der Waals surface area contributed by atoms with Crippen LogP contribution in [0.25, 0.3) is 0 Å². The lowest BCUT2D eigenvalue weighted by molar-refractivity contribution is -0.119. The molecule has 0 spiro atoms. The van der Waals surface area contributed by atoms with Crippen molar-refractivity contribution in [2.24, 2.45) is 17.6 Å². The SMILES string of the molecule is CC(C)S(=O)(=O)CC1CCC(CCc2ccc(N3CCC[C@H]3C(N)=O)cc2)CC1. The molecule has 2 N–H and O–H groups in total. The third-order valence-electron chi connectivity index (χ3n) is 6.84. The van der Waals surface area contributed by atoms with Gasteiger partial charge in [-0.1, -0.05) is 25.0 Å². The molecule has 6 heteroatoms. The van der Waals surface area contributed by atoms with E-state index < -0.39 is 9.84 Å². The number of anilines is 1. The predicted molar refractivity (Wildman–Crippen MR) is 119 cm³/mol. The molecule has 0 bridgehead atoms. The van der Waals surface area contributed by atoms with E-state index in [1.54, 1.807) is 13.8 Å². The lowest BCUT2D eigenvalue weighted by Gasteiger charge is -2.29. The van der Waals surface area contributed by atoms with Crippen molar-refractivity contribution in [1.82, 2.24) is 0 Å². The van der Waals surface area contributed by atoms with Crippen LogP contribution >= 0.6 is 0 Å². The number of aryl methyl sites for hydroxylation is 1.